The number of benzene rings is 1. The number of hydrogen-bond donors (Lipinski definition) is 1. The molecule has 3 aromatic rings. The second-order valence-electron chi connectivity index (χ2n) is 8.38. The molecule has 156 valence electrons. The molecule has 7 heteroatoms. The number of imidazole rings is 1. The van der Waals surface area contributed by atoms with Gasteiger partial charge in [0.2, 0.25) is 0 Å². The molecule has 0 radical (unpaired) electrons. The molecule has 1 saturated carbocycles. The number of nitrogens with one attached hydrogen (secondary N) is 1. The maximum Gasteiger partial charge on any atom is 0.177 e. The normalized spacial score (nSPS) is 18.8. The summed E-state index contributed by atoms with van der Waals surface area (Å²) in [5, 5.41) is 8.28. The molecule has 1 saturated heterocycles. The average Bonchev–Trinajstić information content (AvgIpc) is 3.21. The van der Waals surface area contributed by atoms with E-state index in [2.05, 4.69) is 15.4 Å². The van der Waals surface area contributed by atoms with E-state index in [4.69, 9.17) is 16.3 Å². The van der Waals surface area contributed by atoms with Gasteiger partial charge in [-0.3, -0.25) is 4.79 Å². The molecule has 2 aliphatic rings. The minimum Gasteiger partial charge on any atom is -0.379 e. The number of carbonyl (C=O) groups is 1. The first-order valence-electron chi connectivity index (χ1n) is 10.6. The van der Waals surface area contributed by atoms with Gasteiger partial charge in [-0.1, -0.05) is 23.7 Å². The van der Waals surface area contributed by atoms with E-state index in [-0.39, 0.29) is 11.9 Å². The van der Waals surface area contributed by atoms with E-state index in [1.807, 2.05) is 25.1 Å². The van der Waals surface area contributed by atoms with E-state index in [0.29, 0.717) is 17.5 Å². The highest BCUT2D eigenvalue weighted by Crippen LogP contribution is 2.34. The van der Waals surface area contributed by atoms with Crippen molar-refractivity contribution in [2.75, 3.05) is 18.5 Å². The first kappa shape index (κ1) is 19.5. The van der Waals surface area contributed by atoms with Gasteiger partial charge in [0.1, 0.15) is 0 Å². The molecule has 6 nitrogen and oxygen atoms in total. The number of carbonyl (C=O) groups excluding carboxylic acids is 1. The lowest BCUT2D eigenvalue weighted by atomic mass is 9.98. The molecule has 1 aromatic carbocycles. The summed E-state index contributed by atoms with van der Waals surface area (Å²) in [5.74, 6) is 0.823. The van der Waals surface area contributed by atoms with Crippen molar-refractivity contribution in [1.82, 2.24) is 14.6 Å². The summed E-state index contributed by atoms with van der Waals surface area (Å²) >= 11 is 6.31. The standard InChI is InChI=1S/C23H25ClN4O2/c1-14-9-16(6-7-18(14)21(29)10-15-4-5-15)20-13-26-23-19(11-22(24)27-28(20)23)25-12-17-3-2-8-30-17/h6-7,9,11,13,15,17,25H,2-5,8,10,12H2,1H3. The molecular formula is C23H25ClN4O2. The molecule has 0 spiro atoms. The van der Waals surface area contributed by atoms with E-state index in [1.54, 1.807) is 16.8 Å². The monoisotopic (exact) mass is 424 g/mol. The van der Waals surface area contributed by atoms with Crippen molar-refractivity contribution >= 4 is 28.7 Å². The van der Waals surface area contributed by atoms with Crippen molar-refractivity contribution in [2.24, 2.45) is 5.92 Å². The minimum absolute atomic E-state index is 0.217. The van der Waals surface area contributed by atoms with Crippen LogP contribution in [-0.2, 0) is 4.74 Å². The Labute approximate surface area is 180 Å². The van der Waals surface area contributed by atoms with Gasteiger partial charge < -0.3 is 10.1 Å². The van der Waals surface area contributed by atoms with Crippen LogP contribution in [0.15, 0.2) is 30.5 Å². The van der Waals surface area contributed by atoms with E-state index >= 15 is 0 Å². The molecule has 1 atom stereocenters. The fourth-order valence-electron chi connectivity index (χ4n) is 4.12. The lowest BCUT2D eigenvalue weighted by molar-refractivity contribution is 0.0975. The van der Waals surface area contributed by atoms with Crippen LogP contribution in [0.5, 0.6) is 0 Å². The Morgan fingerprint density at radius 1 is 1.30 bits per heavy atom. The van der Waals surface area contributed by atoms with Gasteiger partial charge in [0.25, 0.3) is 0 Å². The number of hydrogen-bond acceptors (Lipinski definition) is 5. The zero-order valence-electron chi connectivity index (χ0n) is 17.0. The highest BCUT2D eigenvalue weighted by molar-refractivity contribution is 6.29. The predicted molar refractivity (Wildman–Crippen MR) is 117 cm³/mol. The number of ketones is 1. The van der Waals surface area contributed by atoms with Gasteiger partial charge in [-0.25, -0.2) is 9.50 Å². The highest BCUT2D eigenvalue weighted by atomic mass is 35.5. The largest absolute Gasteiger partial charge is 0.379 e. The van der Waals surface area contributed by atoms with E-state index in [0.717, 1.165) is 59.7 Å². The average molecular weight is 425 g/mol. The van der Waals surface area contributed by atoms with Crippen molar-refractivity contribution in [3.05, 3.63) is 46.7 Å². The smallest absolute Gasteiger partial charge is 0.177 e. The van der Waals surface area contributed by atoms with Gasteiger partial charge in [-0.05, 0) is 50.2 Å². The molecule has 1 aliphatic carbocycles. The topological polar surface area (TPSA) is 68.5 Å². The lowest BCUT2D eigenvalue weighted by Gasteiger charge is -2.13. The summed E-state index contributed by atoms with van der Waals surface area (Å²) in [6, 6.07) is 7.73. The first-order valence-corrected chi connectivity index (χ1v) is 11.0. The van der Waals surface area contributed by atoms with Crippen molar-refractivity contribution in [2.45, 2.75) is 45.1 Å². The Hall–Kier alpha value is -2.44. The first-order chi connectivity index (χ1) is 14.6. The van der Waals surface area contributed by atoms with Crippen LogP contribution in [0.3, 0.4) is 0 Å². The van der Waals surface area contributed by atoms with Gasteiger partial charge in [-0.2, -0.15) is 5.10 Å². The molecule has 2 aromatic heterocycles. The fraction of sp³-hybridized carbons (Fsp3) is 0.435. The third kappa shape index (κ3) is 3.94. The van der Waals surface area contributed by atoms with Crippen LogP contribution in [0.25, 0.3) is 16.9 Å². The number of Topliss-reactive ketones (excluding diaryl/α,β-unsaturated/α-hetero) is 1. The van der Waals surface area contributed by atoms with Gasteiger partial charge in [0.05, 0.1) is 23.7 Å². The molecule has 0 bridgehead atoms. The summed E-state index contributed by atoms with van der Waals surface area (Å²) in [6.45, 7) is 3.53. The van der Waals surface area contributed by atoms with E-state index in [1.165, 1.54) is 12.8 Å². The minimum atomic E-state index is 0.217. The van der Waals surface area contributed by atoms with Gasteiger partial charge >= 0.3 is 0 Å². The fourth-order valence-corrected chi connectivity index (χ4v) is 4.31. The van der Waals surface area contributed by atoms with Gasteiger partial charge in [0.15, 0.2) is 16.6 Å². The number of aryl methyl sites for hydroxylation is 1. The van der Waals surface area contributed by atoms with Crippen molar-refractivity contribution in [3.8, 4) is 11.3 Å². The molecule has 0 amide bonds. The van der Waals surface area contributed by atoms with Crippen molar-refractivity contribution < 1.29 is 9.53 Å². The second-order valence-corrected chi connectivity index (χ2v) is 8.76. The second kappa shape index (κ2) is 8.00. The number of fused-ring (bicyclic) bond motifs is 1. The van der Waals surface area contributed by atoms with E-state index in [9.17, 15) is 4.79 Å². The summed E-state index contributed by atoms with van der Waals surface area (Å²) in [7, 11) is 0. The number of anilines is 1. The predicted octanol–water partition coefficient (Wildman–Crippen LogP) is 4.93. The Bertz CT molecular complexity index is 1100. The molecule has 30 heavy (non-hydrogen) atoms. The molecule has 2 fully saturated rings. The molecule has 1 aliphatic heterocycles. The molecule has 5 rings (SSSR count). The number of nitrogens with zero attached hydrogens (tertiary/aromatic N) is 3. The van der Waals surface area contributed by atoms with Crippen LogP contribution in [0.2, 0.25) is 5.15 Å². The van der Waals surface area contributed by atoms with Crippen LogP contribution in [0.1, 0.15) is 48.0 Å². The number of rotatable bonds is 7. The number of halogens is 1. The summed E-state index contributed by atoms with van der Waals surface area (Å²) in [5.41, 5.74) is 5.15. The molecule has 1 unspecified atom stereocenters. The Kier molecular flexibility index (Phi) is 5.21. The van der Waals surface area contributed by atoms with Crippen LogP contribution in [0, 0.1) is 12.8 Å². The van der Waals surface area contributed by atoms with Gasteiger partial charge in [0, 0.05) is 36.8 Å². The third-order valence-corrected chi connectivity index (χ3v) is 6.16. The maximum atomic E-state index is 12.5. The SMILES string of the molecule is Cc1cc(-c2cnc3c(NCC4CCCO4)cc(Cl)nn23)ccc1C(=O)CC1CC1. The third-order valence-electron chi connectivity index (χ3n) is 5.98. The molecule has 3 heterocycles. The lowest BCUT2D eigenvalue weighted by Crippen LogP contribution is -2.19. The molecular weight excluding hydrogens is 400 g/mol. The van der Waals surface area contributed by atoms with Crippen molar-refractivity contribution in [1.29, 1.82) is 0 Å². The van der Waals surface area contributed by atoms with Crippen LogP contribution in [0.4, 0.5) is 5.69 Å². The Balaban J connectivity index is 1.44. The quantitative estimate of drug-likeness (QED) is 0.544. The Morgan fingerprint density at radius 2 is 2.17 bits per heavy atom. The number of aromatic nitrogens is 3. The van der Waals surface area contributed by atoms with E-state index < -0.39 is 0 Å². The summed E-state index contributed by atoms with van der Waals surface area (Å²) in [6.07, 6.45) is 7.21. The molecule has 1 N–H and O–H groups in total. The van der Waals surface area contributed by atoms with Crippen LogP contribution >= 0.6 is 11.6 Å². The Morgan fingerprint density at radius 3 is 2.90 bits per heavy atom. The zero-order chi connectivity index (χ0) is 20.7. The summed E-state index contributed by atoms with van der Waals surface area (Å²) in [4.78, 5) is 17.1. The van der Waals surface area contributed by atoms with Crippen LogP contribution < -0.4 is 5.32 Å². The van der Waals surface area contributed by atoms with Crippen molar-refractivity contribution in [3.63, 3.8) is 0 Å². The van der Waals surface area contributed by atoms with Gasteiger partial charge in [-0.15, -0.1) is 0 Å². The number of ether oxygens (including phenoxy) is 1. The highest BCUT2D eigenvalue weighted by Gasteiger charge is 2.25. The van der Waals surface area contributed by atoms with Crippen LogP contribution in [-0.4, -0.2) is 39.6 Å². The maximum absolute atomic E-state index is 12.5. The summed E-state index contributed by atoms with van der Waals surface area (Å²) < 4.78 is 7.46. The zero-order valence-corrected chi connectivity index (χ0v) is 17.8.